The molecule has 1 aromatic carbocycles. The molecule has 1 N–H and O–H groups in total. The Labute approximate surface area is 148 Å². The van der Waals surface area contributed by atoms with Crippen LogP contribution < -0.4 is 0 Å². The highest BCUT2D eigenvalue weighted by molar-refractivity contribution is 7.07. The van der Waals surface area contributed by atoms with Crippen LogP contribution in [0.2, 0.25) is 5.02 Å². The lowest BCUT2D eigenvalue weighted by molar-refractivity contribution is -0.141. The fourth-order valence-electron chi connectivity index (χ4n) is 3.06. The Morgan fingerprint density at radius 2 is 2.04 bits per heavy atom. The average molecular weight is 365 g/mol. The maximum atomic E-state index is 12.4. The molecule has 0 spiro atoms. The zero-order chi connectivity index (χ0) is 17.1. The molecule has 1 aliphatic rings. The maximum Gasteiger partial charge on any atom is 0.308 e. The molecule has 1 aliphatic heterocycles. The van der Waals surface area contributed by atoms with Gasteiger partial charge in [0.25, 0.3) is 0 Å². The Kier molecular flexibility index (Phi) is 5.16. The summed E-state index contributed by atoms with van der Waals surface area (Å²) in [5, 5.41) is 12.0. The SMILES string of the molecule is O=C(O)[C@@H]1CN(C(=O)CCc2cscn2)C[C@H]1c1ccc(Cl)cc1. The normalized spacial score (nSPS) is 20.3. The van der Waals surface area contributed by atoms with Crippen molar-refractivity contribution in [1.29, 1.82) is 0 Å². The molecule has 1 fully saturated rings. The van der Waals surface area contributed by atoms with Crippen molar-refractivity contribution in [3.05, 3.63) is 51.4 Å². The lowest BCUT2D eigenvalue weighted by Crippen LogP contribution is -2.30. The molecule has 7 heteroatoms. The molecule has 2 aromatic rings. The summed E-state index contributed by atoms with van der Waals surface area (Å²) in [6.07, 6.45) is 0.936. The number of carbonyl (C=O) groups is 2. The number of hydrogen-bond donors (Lipinski definition) is 1. The first-order valence-corrected chi connectivity index (χ1v) is 9.00. The third-order valence-electron chi connectivity index (χ3n) is 4.37. The van der Waals surface area contributed by atoms with E-state index in [0.717, 1.165) is 11.3 Å². The van der Waals surface area contributed by atoms with Gasteiger partial charge in [-0.2, -0.15) is 0 Å². The van der Waals surface area contributed by atoms with Gasteiger partial charge < -0.3 is 10.0 Å². The lowest BCUT2D eigenvalue weighted by Gasteiger charge is -2.16. The Morgan fingerprint density at radius 3 is 2.67 bits per heavy atom. The van der Waals surface area contributed by atoms with Gasteiger partial charge in [0.2, 0.25) is 5.91 Å². The first-order chi connectivity index (χ1) is 11.5. The minimum atomic E-state index is -0.871. The number of halogens is 1. The number of benzene rings is 1. The van der Waals surface area contributed by atoms with E-state index in [-0.39, 0.29) is 18.4 Å². The maximum absolute atomic E-state index is 12.4. The standard InChI is InChI=1S/C17H17ClN2O3S/c18-12-3-1-11(2-4-12)14-7-20(8-15(14)17(22)23)16(21)6-5-13-9-24-10-19-13/h1-4,9-10,14-15H,5-8H2,(H,22,23)/t14-,15+/m0/s1. The summed E-state index contributed by atoms with van der Waals surface area (Å²) in [7, 11) is 0. The van der Waals surface area contributed by atoms with E-state index in [1.807, 2.05) is 17.5 Å². The molecule has 0 radical (unpaired) electrons. The number of aliphatic carboxylic acids is 1. The van der Waals surface area contributed by atoms with Crippen molar-refractivity contribution in [2.75, 3.05) is 13.1 Å². The predicted molar refractivity (Wildman–Crippen MR) is 92.3 cm³/mol. The number of carboxylic acids is 1. The van der Waals surface area contributed by atoms with Crippen LogP contribution in [-0.2, 0) is 16.0 Å². The number of nitrogens with zero attached hydrogens (tertiary/aromatic N) is 2. The van der Waals surface area contributed by atoms with Crippen molar-refractivity contribution < 1.29 is 14.7 Å². The number of likely N-dealkylation sites (tertiary alicyclic amines) is 1. The van der Waals surface area contributed by atoms with Gasteiger partial charge >= 0.3 is 5.97 Å². The number of aryl methyl sites for hydroxylation is 1. The van der Waals surface area contributed by atoms with Crippen molar-refractivity contribution in [2.24, 2.45) is 5.92 Å². The fraction of sp³-hybridized carbons (Fsp3) is 0.353. The van der Waals surface area contributed by atoms with Gasteiger partial charge in [0.05, 0.1) is 17.1 Å². The first-order valence-electron chi connectivity index (χ1n) is 7.67. The molecule has 1 amide bonds. The van der Waals surface area contributed by atoms with Crippen LogP contribution in [0.3, 0.4) is 0 Å². The second-order valence-electron chi connectivity index (χ2n) is 5.88. The van der Waals surface area contributed by atoms with Crippen LogP contribution in [0.4, 0.5) is 0 Å². The molecular weight excluding hydrogens is 348 g/mol. The smallest absolute Gasteiger partial charge is 0.308 e. The molecule has 1 saturated heterocycles. The number of hydrogen-bond acceptors (Lipinski definition) is 4. The molecule has 0 unspecified atom stereocenters. The largest absolute Gasteiger partial charge is 0.481 e. The summed E-state index contributed by atoms with van der Waals surface area (Å²) >= 11 is 7.40. The second kappa shape index (κ2) is 7.32. The minimum Gasteiger partial charge on any atom is -0.481 e. The third-order valence-corrected chi connectivity index (χ3v) is 5.25. The highest BCUT2D eigenvalue weighted by atomic mass is 35.5. The van der Waals surface area contributed by atoms with E-state index in [2.05, 4.69) is 4.98 Å². The van der Waals surface area contributed by atoms with Crippen molar-refractivity contribution >= 4 is 34.8 Å². The summed E-state index contributed by atoms with van der Waals surface area (Å²) < 4.78 is 0. The molecule has 0 aliphatic carbocycles. The van der Waals surface area contributed by atoms with E-state index in [0.29, 0.717) is 24.4 Å². The number of carboxylic acid groups (broad SMARTS) is 1. The van der Waals surface area contributed by atoms with E-state index < -0.39 is 11.9 Å². The summed E-state index contributed by atoms with van der Waals surface area (Å²) in [4.78, 5) is 29.8. The molecule has 24 heavy (non-hydrogen) atoms. The van der Waals surface area contributed by atoms with Crippen LogP contribution in [0.25, 0.3) is 0 Å². The van der Waals surface area contributed by atoms with Gasteiger partial charge in [-0.05, 0) is 24.1 Å². The van der Waals surface area contributed by atoms with Crippen molar-refractivity contribution in [3.63, 3.8) is 0 Å². The van der Waals surface area contributed by atoms with Gasteiger partial charge in [-0.25, -0.2) is 4.98 Å². The number of thiazole rings is 1. The van der Waals surface area contributed by atoms with Gasteiger partial charge in [0, 0.05) is 35.8 Å². The van der Waals surface area contributed by atoms with Gasteiger partial charge in [0.15, 0.2) is 0 Å². The molecule has 126 valence electrons. The topological polar surface area (TPSA) is 70.5 Å². The number of rotatable bonds is 5. The quantitative estimate of drug-likeness (QED) is 0.885. The minimum absolute atomic E-state index is 0.0225. The van der Waals surface area contributed by atoms with Crippen LogP contribution in [0, 0.1) is 5.92 Å². The summed E-state index contributed by atoms with van der Waals surface area (Å²) in [5.74, 6) is -1.69. The van der Waals surface area contributed by atoms with Gasteiger partial charge in [0.1, 0.15) is 0 Å². The van der Waals surface area contributed by atoms with Gasteiger partial charge in [-0.3, -0.25) is 9.59 Å². The zero-order valence-electron chi connectivity index (χ0n) is 12.9. The summed E-state index contributed by atoms with van der Waals surface area (Å²) in [6.45, 7) is 0.674. The molecular formula is C17H17ClN2O3S. The predicted octanol–water partition coefficient (Wildman–Crippen LogP) is 3.06. The van der Waals surface area contributed by atoms with E-state index in [9.17, 15) is 14.7 Å². The Morgan fingerprint density at radius 1 is 1.29 bits per heavy atom. The summed E-state index contributed by atoms with van der Waals surface area (Å²) in [6, 6.07) is 7.18. The first kappa shape index (κ1) is 16.9. The van der Waals surface area contributed by atoms with Gasteiger partial charge in [-0.1, -0.05) is 23.7 Å². The van der Waals surface area contributed by atoms with E-state index >= 15 is 0 Å². The molecule has 5 nitrogen and oxygen atoms in total. The van der Waals surface area contributed by atoms with E-state index in [1.54, 1.807) is 22.5 Å². The van der Waals surface area contributed by atoms with Crippen LogP contribution in [0.5, 0.6) is 0 Å². The molecule has 0 saturated carbocycles. The molecule has 1 aromatic heterocycles. The van der Waals surface area contributed by atoms with Crippen LogP contribution >= 0.6 is 22.9 Å². The number of carbonyl (C=O) groups excluding carboxylic acids is 1. The van der Waals surface area contributed by atoms with Crippen molar-refractivity contribution in [1.82, 2.24) is 9.88 Å². The second-order valence-corrected chi connectivity index (χ2v) is 7.04. The zero-order valence-corrected chi connectivity index (χ0v) is 14.5. The van der Waals surface area contributed by atoms with Crippen molar-refractivity contribution in [2.45, 2.75) is 18.8 Å². The number of aromatic nitrogens is 1. The Bertz CT molecular complexity index is 718. The molecule has 2 heterocycles. The number of amides is 1. The van der Waals surface area contributed by atoms with Gasteiger partial charge in [-0.15, -0.1) is 11.3 Å². The third kappa shape index (κ3) is 3.76. The van der Waals surface area contributed by atoms with Crippen molar-refractivity contribution in [3.8, 4) is 0 Å². The summed E-state index contributed by atoms with van der Waals surface area (Å²) in [5.41, 5.74) is 3.55. The van der Waals surface area contributed by atoms with Crippen LogP contribution in [0.15, 0.2) is 35.2 Å². The van der Waals surface area contributed by atoms with E-state index in [1.165, 1.54) is 11.3 Å². The Balaban J connectivity index is 1.68. The molecule has 3 rings (SSSR count). The molecule has 0 bridgehead atoms. The van der Waals surface area contributed by atoms with Crippen LogP contribution in [-0.4, -0.2) is 40.0 Å². The fourth-order valence-corrected chi connectivity index (χ4v) is 3.78. The Hall–Kier alpha value is -1.92. The highest BCUT2D eigenvalue weighted by Gasteiger charge is 2.40. The highest BCUT2D eigenvalue weighted by Crippen LogP contribution is 2.34. The average Bonchev–Trinajstić information content (AvgIpc) is 3.23. The lowest BCUT2D eigenvalue weighted by atomic mass is 9.89. The van der Waals surface area contributed by atoms with Crippen LogP contribution in [0.1, 0.15) is 23.6 Å². The molecule has 2 atom stereocenters. The monoisotopic (exact) mass is 364 g/mol. The van der Waals surface area contributed by atoms with E-state index in [4.69, 9.17) is 11.6 Å².